The van der Waals surface area contributed by atoms with Gasteiger partial charge in [-0.25, -0.2) is 4.79 Å². The van der Waals surface area contributed by atoms with E-state index in [1.807, 2.05) is 6.07 Å². The molecule has 1 unspecified atom stereocenters. The van der Waals surface area contributed by atoms with Gasteiger partial charge < -0.3 is 24.8 Å². The van der Waals surface area contributed by atoms with Crippen LogP contribution in [-0.4, -0.2) is 50.6 Å². The van der Waals surface area contributed by atoms with Crippen LogP contribution in [0.2, 0.25) is 0 Å². The molecule has 4 rings (SSSR count). The van der Waals surface area contributed by atoms with Crippen LogP contribution < -0.4 is 20.1 Å². The molecule has 3 heterocycles. The smallest absolute Gasteiger partial charge is 0.319 e. The molecule has 0 radical (unpaired) electrons. The summed E-state index contributed by atoms with van der Waals surface area (Å²) in [5.41, 5.74) is 0.672. The van der Waals surface area contributed by atoms with E-state index in [0.29, 0.717) is 23.7 Å². The van der Waals surface area contributed by atoms with E-state index in [0.717, 1.165) is 26.3 Å². The summed E-state index contributed by atoms with van der Waals surface area (Å²) in [6, 6.07) is 9.43. The number of urea groups is 1. The second kappa shape index (κ2) is 7.94. The maximum atomic E-state index is 12.3. The summed E-state index contributed by atoms with van der Waals surface area (Å²) in [6.45, 7) is 3.95. The van der Waals surface area contributed by atoms with E-state index in [1.54, 1.807) is 29.5 Å². The summed E-state index contributed by atoms with van der Waals surface area (Å²) in [7, 11) is 0. The molecule has 1 atom stereocenters. The van der Waals surface area contributed by atoms with Gasteiger partial charge in [0.2, 0.25) is 6.79 Å². The van der Waals surface area contributed by atoms with Crippen molar-refractivity contribution in [1.29, 1.82) is 0 Å². The lowest BCUT2D eigenvalue weighted by Gasteiger charge is -2.34. The molecule has 7 nitrogen and oxygen atoms in total. The molecule has 0 spiro atoms. The summed E-state index contributed by atoms with van der Waals surface area (Å²) < 4.78 is 16.1. The average molecular weight is 375 g/mol. The van der Waals surface area contributed by atoms with Gasteiger partial charge in [-0.15, -0.1) is 11.3 Å². The van der Waals surface area contributed by atoms with Gasteiger partial charge in [0.25, 0.3) is 0 Å². The quantitative estimate of drug-likeness (QED) is 0.841. The van der Waals surface area contributed by atoms with Crippen LogP contribution >= 0.6 is 11.3 Å². The van der Waals surface area contributed by atoms with Crippen molar-refractivity contribution in [1.82, 2.24) is 10.2 Å². The minimum absolute atomic E-state index is 0.154. The normalized spacial score (nSPS) is 17.7. The Morgan fingerprint density at radius 2 is 2.04 bits per heavy atom. The molecule has 0 aliphatic carbocycles. The zero-order valence-corrected chi connectivity index (χ0v) is 15.1. The van der Waals surface area contributed by atoms with Crippen molar-refractivity contribution in [3.63, 3.8) is 0 Å². The summed E-state index contributed by atoms with van der Waals surface area (Å²) >= 11 is 1.71. The molecule has 2 amide bonds. The number of hydrogen-bond acceptors (Lipinski definition) is 6. The number of fused-ring (bicyclic) bond motifs is 1. The second-order valence-electron chi connectivity index (χ2n) is 6.08. The lowest BCUT2D eigenvalue weighted by molar-refractivity contribution is 0.0175. The van der Waals surface area contributed by atoms with Gasteiger partial charge in [0.15, 0.2) is 11.5 Å². The highest BCUT2D eigenvalue weighted by Gasteiger charge is 2.24. The van der Waals surface area contributed by atoms with Crippen molar-refractivity contribution in [2.24, 2.45) is 0 Å². The number of hydrogen-bond donors (Lipinski definition) is 2. The Hall–Kier alpha value is -2.29. The second-order valence-corrected chi connectivity index (χ2v) is 7.06. The van der Waals surface area contributed by atoms with E-state index in [9.17, 15) is 4.79 Å². The van der Waals surface area contributed by atoms with Crippen molar-refractivity contribution >= 4 is 23.1 Å². The van der Waals surface area contributed by atoms with Gasteiger partial charge in [-0.1, -0.05) is 6.07 Å². The Kier molecular flexibility index (Phi) is 5.24. The van der Waals surface area contributed by atoms with Gasteiger partial charge in [0.1, 0.15) is 0 Å². The average Bonchev–Trinajstić information content (AvgIpc) is 3.34. The third kappa shape index (κ3) is 3.92. The molecule has 138 valence electrons. The lowest BCUT2D eigenvalue weighted by Crippen LogP contribution is -2.44. The van der Waals surface area contributed by atoms with Gasteiger partial charge >= 0.3 is 6.03 Å². The summed E-state index contributed by atoms with van der Waals surface area (Å²) in [5.74, 6) is 1.34. The molecular formula is C18H21N3O4S. The molecule has 1 aromatic carbocycles. The zero-order valence-electron chi connectivity index (χ0n) is 14.3. The highest BCUT2D eigenvalue weighted by atomic mass is 32.1. The van der Waals surface area contributed by atoms with Crippen molar-refractivity contribution < 1.29 is 19.0 Å². The van der Waals surface area contributed by atoms with E-state index in [-0.39, 0.29) is 18.9 Å². The Labute approximate surface area is 155 Å². The van der Waals surface area contributed by atoms with Crippen LogP contribution in [0.3, 0.4) is 0 Å². The van der Waals surface area contributed by atoms with Crippen LogP contribution in [0.5, 0.6) is 11.5 Å². The molecule has 2 aromatic rings. The van der Waals surface area contributed by atoms with Crippen LogP contribution in [0.15, 0.2) is 35.7 Å². The summed E-state index contributed by atoms with van der Waals surface area (Å²) in [5, 5.41) is 7.90. The molecule has 1 fully saturated rings. The Bertz CT molecular complexity index is 747. The number of nitrogens with zero attached hydrogens (tertiary/aromatic N) is 1. The zero-order chi connectivity index (χ0) is 17.8. The minimum Gasteiger partial charge on any atom is -0.454 e. The molecule has 0 bridgehead atoms. The number of carbonyl (C=O) groups excluding carboxylic acids is 1. The monoisotopic (exact) mass is 375 g/mol. The highest BCUT2D eigenvalue weighted by Crippen LogP contribution is 2.34. The first kappa shape index (κ1) is 17.1. The first-order valence-corrected chi connectivity index (χ1v) is 9.47. The van der Waals surface area contributed by atoms with E-state index >= 15 is 0 Å². The van der Waals surface area contributed by atoms with Gasteiger partial charge in [-0.3, -0.25) is 4.90 Å². The lowest BCUT2D eigenvalue weighted by atomic mass is 10.2. The summed E-state index contributed by atoms with van der Waals surface area (Å²) in [6.07, 6.45) is 0. The van der Waals surface area contributed by atoms with Crippen LogP contribution in [0, 0.1) is 0 Å². The molecule has 2 aliphatic rings. The Morgan fingerprint density at radius 1 is 1.19 bits per heavy atom. The van der Waals surface area contributed by atoms with Crippen LogP contribution in [0.4, 0.5) is 10.5 Å². The van der Waals surface area contributed by atoms with Gasteiger partial charge in [0.05, 0.1) is 19.3 Å². The third-order valence-corrected chi connectivity index (χ3v) is 5.42. The van der Waals surface area contributed by atoms with E-state index < -0.39 is 0 Å². The first-order valence-electron chi connectivity index (χ1n) is 8.59. The van der Waals surface area contributed by atoms with Crippen molar-refractivity contribution in [3.8, 4) is 11.5 Å². The van der Waals surface area contributed by atoms with Crippen molar-refractivity contribution in [2.45, 2.75) is 6.04 Å². The van der Waals surface area contributed by atoms with Crippen molar-refractivity contribution in [2.75, 3.05) is 45.0 Å². The third-order valence-electron chi connectivity index (χ3n) is 4.44. The molecule has 1 aromatic heterocycles. The number of carbonyl (C=O) groups is 1. The number of anilines is 1. The van der Waals surface area contributed by atoms with Crippen molar-refractivity contribution in [3.05, 3.63) is 40.6 Å². The maximum absolute atomic E-state index is 12.3. The van der Waals surface area contributed by atoms with E-state index in [4.69, 9.17) is 14.2 Å². The maximum Gasteiger partial charge on any atom is 0.319 e. The number of benzene rings is 1. The van der Waals surface area contributed by atoms with Crippen LogP contribution in [-0.2, 0) is 4.74 Å². The highest BCUT2D eigenvalue weighted by molar-refractivity contribution is 7.10. The predicted octanol–water partition coefficient (Wildman–Crippen LogP) is 2.67. The number of thiophene rings is 1. The topological polar surface area (TPSA) is 72.1 Å². The van der Waals surface area contributed by atoms with E-state index in [2.05, 4.69) is 27.0 Å². The minimum atomic E-state index is -0.237. The Balaban J connectivity index is 1.36. The molecule has 2 aliphatic heterocycles. The fourth-order valence-corrected chi connectivity index (χ4v) is 3.98. The van der Waals surface area contributed by atoms with Crippen LogP contribution in [0.25, 0.3) is 0 Å². The standard InChI is InChI=1S/C18H21N3O4S/c22-18(20-13-3-4-15-16(10-13)25-12-24-15)19-11-14(17-2-1-9-26-17)21-5-7-23-8-6-21/h1-4,9-10,14H,5-8,11-12H2,(H2,19,20,22). The summed E-state index contributed by atoms with van der Waals surface area (Å²) in [4.78, 5) is 15.9. The number of morpholine rings is 1. The number of amides is 2. The number of rotatable bonds is 5. The SMILES string of the molecule is O=C(NCC(c1cccs1)N1CCOCC1)Nc1ccc2c(c1)OCO2. The fourth-order valence-electron chi connectivity index (χ4n) is 3.12. The molecular weight excluding hydrogens is 354 g/mol. The number of ether oxygens (including phenoxy) is 3. The largest absolute Gasteiger partial charge is 0.454 e. The molecule has 8 heteroatoms. The molecule has 1 saturated heterocycles. The molecule has 0 saturated carbocycles. The van der Waals surface area contributed by atoms with Gasteiger partial charge in [0, 0.05) is 36.3 Å². The first-order chi connectivity index (χ1) is 12.8. The fraction of sp³-hybridized carbons (Fsp3) is 0.389. The van der Waals surface area contributed by atoms with Gasteiger partial charge in [-0.2, -0.15) is 0 Å². The van der Waals surface area contributed by atoms with Gasteiger partial charge in [-0.05, 0) is 23.6 Å². The molecule has 2 N–H and O–H groups in total. The predicted molar refractivity (Wildman–Crippen MR) is 99.0 cm³/mol. The number of nitrogens with one attached hydrogen (secondary N) is 2. The molecule has 26 heavy (non-hydrogen) atoms. The Morgan fingerprint density at radius 3 is 2.85 bits per heavy atom. The van der Waals surface area contributed by atoms with E-state index in [1.165, 1.54) is 4.88 Å². The van der Waals surface area contributed by atoms with Crippen LogP contribution in [0.1, 0.15) is 10.9 Å².